The van der Waals surface area contributed by atoms with Crippen LogP contribution in [0.15, 0.2) is 53.0 Å². The van der Waals surface area contributed by atoms with Crippen molar-refractivity contribution in [3.63, 3.8) is 0 Å². The number of sulfonamides is 1. The predicted octanol–water partition coefficient (Wildman–Crippen LogP) is 3.65. The minimum Gasteiger partial charge on any atom is -0.348 e. The number of hydrogen-bond donors (Lipinski definition) is 1. The molecule has 0 saturated heterocycles. The summed E-state index contributed by atoms with van der Waals surface area (Å²) in [7, 11) is -3.59. The van der Waals surface area contributed by atoms with Crippen molar-refractivity contribution in [2.24, 2.45) is 0 Å². The highest BCUT2D eigenvalue weighted by Crippen LogP contribution is 2.22. The molecule has 0 aliphatic carbocycles. The first-order chi connectivity index (χ1) is 12.2. The van der Waals surface area contributed by atoms with Crippen molar-refractivity contribution in [2.75, 3.05) is 17.1 Å². The number of anilines is 1. The quantitative estimate of drug-likeness (QED) is 0.716. The van der Waals surface area contributed by atoms with Crippen LogP contribution in [0.3, 0.4) is 0 Å². The van der Waals surface area contributed by atoms with E-state index in [0.29, 0.717) is 5.69 Å². The summed E-state index contributed by atoms with van der Waals surface area (Å²) in [4.78, 5) is 12.4. The number of benzene rings is 2. The molecule has 0 fully saturated rings. The molecule has 7 heteroatoms. The van der Waals surface area contributed by atoms with Crippen LogP contribution in [-0.2, 0) is 21.2 Å². The molecule has 0 saturated carbocycles. The largest absolute Gasteiger partial charge is 0.348 e. The van der Waals surface area contributed by atoms with Gasteiger partial charge in [-0.2, -0.15) is 0 Å². The van der Waals surface area contributed by atoms with Crippen molar-refractivity contribution in [3.05, 3.63) is 64.1 Å². The highest BCUT2D eigenvalue weighted by molar-refractivity contribution is 9.10. The molecule has 2 rings (SSSR count). The summed E-state index contributed by atoms with van der Waals surface area (Å²) in [6, 6.07) is 14.7. The zero-order valence-electron chi connectivity index (χ0n) is 15.1. The van der Waals surface area contributed by atoms with Crippen LogP contribution in [0.1, 0.15) is 31.0 Å². The Hall–Kier alpha value is -1.86. The van der Waals surface area contributed by atoms with Gasteiger partial charge in [-0.3, -0.25) is 9.10 Å². The second kappa shape index (κ2) is 8.68. The molecule has 0 aliphatic heterocycles. The third kappa shape index (κ3) is 5.57. The summed E-state index contributed by atoms with van der Waals surface area (Å²) in [6.45, 7) is 3.69. The normalized spacial score (nSPS) is 12.5. The van der Waals surface area contributed by atoms with Gasteiger partial charge in [0, 0.05) is 4.47 Å². The van der Waals surface area contributed by atoms with E-state index in [1.54, 1.807) is 24.3 Å². The van der Waals surface area contributed by atoms with Gasteiger partial charge in [-0.25, -0.2) is 8.42 Å². The number of nitrogens with one attached hydrogen (secondary N) is 1. The predicted molar refractivity (Wildman–Crippen MR) is 109 cm³/mol. The lowest BCUT2D eigenvalue weighted by Crippen LogP contribution is -2.41. The number of hydrogen-bond acceptors (Lipinski definition) is 3. The van der Waals surface area contributed by atoms with Gasteiger partial charge in [0.15, 0.2) is 0 Å². The number of rotatable bonds is 7. The first kappa shape index (κ1) is 20.5. The van der Waals surface area contributed by atoms with Crippen molar-refractivity contribution in [2.45, 2.75) is 26.3 Å². The molecule has 26 heavy (non-hydrogen) atoms. The second-order valence-corrected chi connectivity index (χ2v) is 8.96. The first-order valence-corrected chi connectivity index (χ1v) is 11.0. The summed E-state index contributed by atoms with van der Waals surface area (Å²) < 4.78 is 26.1. The summed E-state index contributed by atoms with van der Waals surface area (Å²) in [5, 5.41) is 2.86. The van der Waals surface area contributed by atoms with E-state index < -0.39 is 10.0 Å². The molecule has 1 unspecified atom stereocenters. The van der Waals surface area contributed by atoms with E-state index in [0.717, 1.165) is 27.0 Å². The minimum atomic E-state index is -3.59. The number of carbonyl (C=O) groups is 1. The van der Waals surface area contributed by atoms with Crippen LogP contribution < -0.4 is 9.62 Å². The lowest BCUT2D eigenvalue weighted by Gasteiger charge is -2.23. The Morgan fingerprint density at radius 2 is 1.85 bits per heavy atom. The van der Waals surface area contributed by atoms with Crippen molar-refractivity contribution < 1.29 is 13.2 Å². The zero-order valence-corrected chi connectivity index (χ0v) is 17.5. The van der Waals surface area contributed by atoms with Crippen LogP contribution in [-0.4, -0.2) is 27.1 Å². The monoisotopic (exact) mass is 438 g/mol. The molecule has 0 heterocycles. The van der Waals surface area contributed by atoms with Crippen LogP contribution in [0.2, 0.25) is 0 Å². The minimum absolute atomic E-state index is 0.211. The van der Waals surface area contributed by atoms with Crippen LogP contribution in [0.25, 0.3) is 0 Å². The Morgan fingerprint density at radius 1 is 1.19 bits per heavy atom. The molecule has 2 aromatic rings. The van der Waals surface area contributed by atoms with E-state index in [9.17, 15) is 13.2 Å². The van der Waals surface area contributed by atoms with Crippen LogP contribution in [0.5, 0.6) is 0 Å². The number of halogens is 1. The van der Waals surface area contributed by atoms with E-state index in [-0.39, 0.29) is 18.5 Å². The molecule has 5 nitrogen and oxygen atoms in total. The maximum Gasteiger partial charge on any atom is 0.241 e. The average Bonchev–Trinajstić information content (AvgIpc) is 2.58. The molecule has 1 N–H and O–H groups in total. The molecule has 0 bridgehead atoms. The molecule has 0 spiro atoms. The molecular formula is C19H23BrN2O3S. The van der Waals surface area contributed by atoms with Gasteiger partial charge in [-0.1, -0.05) is 53.2 Å². The molecule has 1 amide bonds. The molecule has 2 aromatic carbocycles. The van der Waals surface area contributed by atoms with Gasteiger partial charge in [0.25, 0.3) is 0 Å². The van der Waals surface area contributed by atoms with Crippen molar-refractivity contribution in [3.8, 4) is 0 Å². The highest BCUT2D eigenvalue weighted by Gasteiger charge is 2.22. The maximum atomic E-state index is 12.4. The number of aryl methyl sites for hydroxylation is 1. The van der Waals surface area contributed by atoms with Gasteiger partial charge < -0.3 is 5.32 Å². The number of nitrogens with zero attached hydrogens (tertiary/aromatic N) is 1. The maximum absolute atomic E-state index is 12.4. The average molecular weight is 439 g/mol. The molecule has 0 aromatic heterocycles. The Bertz CT molecular complexity index is 867. The zero-order chi connectivity index (χ0) is 19.3. The SMILES string of the molecule is CCc1ccc(C(C)NC(=O)CN(c2cccc(Br)c2)S(C)(=O)=O)cc1. The smallest absolute Gasteiger partial charge is 0.241 e. The fourth-order valence-electron chi connectivity index (χ4n) is 2.57. The number of carbonyl (C=O) groups excluding carboxylic acids is 1. The van der Waals surface area contributed by atoms with Crippen LogP contribution in [0, 0.1) is 0 Å². The van der Waals surface area contributed by atoms with E-state index in [1.165, 1.54) is 5.56 Å². The Morgan fingerprint density at radius 3 is 2.38 bits per heavy atom. The third-order valence-electron chi connectivity index (χ3n) is 4.05. The topological polar surface area (TPSA) is 66.5 Å². The van der Waals surface area contributed by atoms with Gasteiger partial charge in [0.2, 0.25) is 15.9 Å². The molecular weight excluding hydrogens is 416 g/mol. The van der Waals surface area contributed by atoms with E-state index >= 15 is 0 Å². The van der Waals surface area contributed by atoms with Gasteiger partial charge in [0.1, 0.15) is 6.54 Å². The molecule has 1 atom stereocenters. The van der Waals surface area contributed by atoms with Gasteiger partial charge in [-0.05, 0) is 42.7 Å². The molecule has 140 valence electrons. The standard InChI is InChI=1S/C19H23BrN2O3S/c1-4-15-8-10-16(11-9-15)14(2)21-19(23)13-22(26(3,24)25)18-7-5-6-17(20)12-18/h5-12,14H,4,13H2,1-3H3,(H,21,23). The lowest BCUT2D eigenvalue weighted by atomic mass is 10.1. The number of amides is 1. The lowest BCUT2D eigenvalue weighted by molar-refractivity contribution is -0.120. The summed E-state index contributed by atoms with van der Waals surface area (Å²) in [6.07, 6.45) is 2.05. The van der Waals surface area contributed by atoms with E-state index in [1.807, 2.05) is 31.2 Å². The van der Waals surface area contributed by atoms with Crippen molar-refractivity contribution in [1.82, 2.24) is 5.32 Å². The fraction of sp³-hybridized carbons (Fsp3) is 0.316. The summed E-state index contributed by atoms with van der Waals surface area (Å²) in [5.74, 6) is -0.359. The molecule has 0 radical (unpaired) electrons. The van der Waals surface area contributed by atoms with Crippen LogP contribution in [0.4, 0.5) is 5.69 Å². The Kier molecular flexibility index (Phi) is 6.83. The van der Waals surface area contributed by atoms with Crippen molar-refractivity contribution in [1.29, 1.82) is 0 Å². The van der Waals surface area contributed by atoms with Gasteiger partial charge >= 0.3 is 0 Å². The summed E-state index contributed by atoms with van der Waals surface area (Å²) >= 11 is 3.32. The molecule has 0 aliphatic rings. The Balaban J connectivity index is 2.11. The Labute approximate surface area is 163 Å². The van der Waals surface area contributed by atoms with E-state index in [2.05, 4.69) is 28.2 Å². The first-order valence-electron chi connectivity index (χ1n) is 8.32. The fourth-order valence-corrected chi connectivity index (χ4v) is 3.81. The van der Waals surface area contributed by atoms with Crippen molar-refractivity contribution >= 4 is 37.5 Å². The second-order valence-electron chi connectivity index (χ2n) is 6.13. The van der Waals surface area contributed by atoms with Crippen LogP contribution >= 0.6 is 15.9 Å². The van der Waals surface area contributed by atoms with E-state index in [4.69, 9.17) is 0 Å². The highest BCUT2D eigenvalue weighted by atomic mass is 79.9. The summed E-state index contributed by atoms with van der Waals surface area (Å²) in [5.41, 5.74) is 2.64. The third-order valence-corrected chi connectivity index (χ3v) is 5.68. The van der Waals surface area contributed by atoms with Gasteiger partial charge in [0.05, 0.1) is 18.0 Å². The van der Waals surface area contributed by atoms with Gasteiger partial charge in [-0.15, -0.1) is 0 Å².